The van der Waals surface area contributed by atoms with Gasteiger partial charge in [0.05, 0.1) is 22.1 Å². The fraction of sp³-hybridized carbons (Fsp3) is 0.409. The summed E-state index contributed by atoms with van der Waals surface area (Å²) in [5.74, 6) is 0.689. The molecule has 3 rings (SSSR count). The van der Waals surface area contributed by atoms with E-state index >= 15 is 0 Å². The van der Waals surface area contributed by atoms with Crippen LogP contribution >= 0.6 is 11.6 Å². The molecule has 1 aliphatic carbocycles. The van der Waals surface area contributed by atoms with Crippen molar-refractivity contribution in [3.05, 3.63) is 53.1 Å². The van der Waals surface area contributed by atoms with Crippen LogP contribution in [-0.2, 0) is 10.0 Å². The molecule has 30 heavy (non-hydrogen) atoms. The lowest BCUT2D eigenvalue weighted by atomic mass is 9.86. The van der Waals surface area contributed by atoms with Gasteiger partial charge in [-0.2, -0.15) is 0 Å². The Labute approximate surface area is 183 Å². The Morgan fingerprint density at radius 1 is 1.13 bits per heavy atom. The summed E-state index contributed by atoms with van der Waals surface area (Å²) in [5, 5.41) is 3.24. The first-order chi connectivity index (χ1) is 14.3. The number of rotatable bonds is 7. The molecule has 2 unspecified atom stereocenters. The zero-order chi connectivity index (χ0) is 21.7. The van der Waals surface area contributed by atoms with Crippen LogP contribution < -0.4 is 14.8 Å². The van der Waals surface area contributed by atoms with Crippen molar-refractivity contribution in [2.45, 2.75) is 50.5 Å². The van der Waals surface area contributed by atoms with Crippen molar-refractivity contribution in [1.82, 2.24) is 5.32 Å². The van der Waals surface area contributed by atoms with Crippen LogP contribution in [0.2, 0.25) is 5.02 Å². The monoisotopic (exact) mass is 450 g/mol. The second-order valence-corrected chi connectivity index (χ2v) is 9.64. The van der Waals surface area contributed by atoms with E-state index in [-0.39, 0.29) is 27.4 Å². The average molecular weight is 451 g/mol. The normalized spacial score (nSPS) is 19.2. The molecule has 1 amide bonds. The number of sulfonamides is 1. The summed E-state index contributed by atoms with van der Waals surface area (Å²) in [6.07, 6.45) is 4.23. The summed E-state index contributed by atoms with van der Waals surface area (Å²) in [4.78, 5) is 12.8. The molecule has 1 aliphatic rings. The molecule has 1 saturated carbocycles. The van der Waals surface area contributed by atoms with Crippen molar-refractivity contribution in [3.8, 4) is 5.75 Å². The Balaban J connectivity index is 1.78. The van der Waals surface area contributed by atoms with E-state index in [1.807, 2.05) is 6.92 Å². The van der Waals surface area contributed by atoms with Gasteiger partial charge in [0.1, 0.15) is 5.75 Å². The van der Waals surface area contributed by atoms with Crippen molar-refractivity contribution >= 4 is 33.2 Å². The third-order valence-corrected chi connectivity index (χ3v) is 7.05. The van der Waals surface area contributed by atoms with Gasteiger partial charge in [0, 0.05) is 11.7 Å². The predicted molar refractivity (Wildman–Crippen MR) is 119 cm³/mol. The summed E-state index contributed by atoms with van der Waals surface area (Å²) >= 11 is 6.21. The van der Waals surface area contributed by atoms with E-state index in [0.717, 1.165) is 19.3 Å². The van der Waals surface area contributed by atoms with Crippen LogP contribution in [0.15, 0.2) is 47.4 Å². The molecule has 0 spiro atoms. The summed E-state index contributed by atoms with van der Waals surface area (Å²) in [6, 6.07) is 10.8. The lowest BCUT2D eigenvalue weighted by Gasteiger charge is -2.29. The number of halogens is 1. The molecule has 0 aromatic heterocycles. The zero-order valence-corrected chi connectivity index (χ0v) is 18.7. The smallest absolute Gasteiger partial charge is 0.261 e. The molecule has 1 fully saturated rings. The first kappa shape index (κ1) is 22.4. The Morgan fingerprint density at radius 3 is 2.50 bits per heavy atom. The quantitative estimate of drug-likeness (QED) is 0.631. The molecule has 0 radical (unpaired) electrons. The summed E-state index contributed by atoms with van der Waals surface area (Å²) in [5.41, 5.74) is 0.555. The Kier molecular flexibility index (Phi) is 7.26. The Bertz CT molecular complexity index is 993. The number of hydrogen-bond acceptors (Lipinski definition) is 4. The minimum absolute atomic E-state index is 0.0253. The number of benzene rings is 2. The SMILES string of the molecule is CCOc1ccc(NS(=O)(=O)c2ccc(Cl)c(C(=O)NC3CCCCC3C)c2)cc1. The van der Waals surface area contributed by atoms with E-state index in [0.29, 0.717) is 24.0 Å². The van der Waals surface area contributed by atoms with Crippen LogP contribution in [0.4, 0.5) is 5.69 Å². The summed E-state index contributed by atoms with van der Waals surface area (Å²) < 4.78 is 33.5. The molecule has 0 bridgehead atoms. The molecule has 2 aromatic rings. The van der Waals surface area contributed by atoms with Crippen LogP contribution in [0.3, 0.4) is 0 Å². The van der Waals surface area contributed by atoms with E-state index in [1.54, 1.807) is 24.3 Å². The lowest BCUT2D eigenvalue weighted by molar-refractivity contribution is 0.0910. The van der Waals surface area contributed by atoms with Gasteiger partial charge >= 0.3 is 0 Å². The van der Waals surface area contributed by atoms with Crippen molar-refractivity contribution < 1.29 is 17.9 Å². The maximum atomic E-state index is 12.8. The van der Waals surface area contributed by atoms with Crippen molar-refractivity contribution in [1.29, 1.82) is 0 Å². The van der Waals surface area contributed by atoms with Crippen LogP contribution in [0.5, 0.6) is 5.75 Å². The molecule has 2 atom stereocenters. The number of carbonyl (C=O) groups is 1. The van der Waals surface area contributed by atoms with E-state index in [1.165, 1.54) is 24.6 Å². The number of carbonyl (C=O) groups excluding carboxylic acids is 1. The highest BCUT2D eigenvalue weighted by Gasteiger charge is 2.25. The fourth-order valence-electron chi connectivity index (χ4n) is 3.62. The molecule has 0 aliphatic heterocycles. The van der Waals surface area contributed by atoms with Gasteiger partial charge < -0.3 is 10.1 Å². The minimum Gasteiger partial charge on any atom is -0.494 e. The molecule has 2 aromatic carbocycles. The number of hydrogen-bond donors (Lipinski definition) is 2. The third-order valence-electron chi connectivity index (χ3n) is 5.34. The third kappa shape index (κ3) is 5.46. The largest absolute Gasteiger partial charge is 0.494 e. The highest BCUT2D eigenvalue weighted by Crippen LogP contribution is 2.26. The Morgan fingerprint density at radius 2 is 1.83 bits per heavy atom. The number of amides is 1. The molecule has 6 nitrogen and oxygen atoms in total. The van der Waals surface area contributed by atoms with Gasteiger partial charge in [-0.1, -0.05) is 31.4 Å². The molecular formula is C22H27ClN2O4S. The highest BCUT2D eigenvalue weighted by atomic mass is 35.5. The van der Waals surface area contributed by atoms with Gasteiger partial charge in [-0.15, -0.1) is 0 Å². The van der Waals surface area contributed by atoms with Crippen molar-refractivity contribution in [2.24, 2.45) is 5.92 Å². The highest BCUT2D eigenvalue weighted by molar-refractivity contribution is 7.92. The van der Waals surface area contributed by atoms with Crippen LogP contribution in [0.25, 0.3) is 0 Å². The molecule has 0 heterocycles. The molecule has 8 heteroatoms. The van der Waals surface area contributed by atoms with Gasteiger partial charge in [-0.25, -0.2) is 8.42 Å². The van der Waals surface area contributed by atoms with Crippen molar-refractivity contribution in [2.75, 3.05) is 11.3 Å². The Hall–Kier alpha value is -2.25. The minimum atomic E-state index is -3.88. The van der Waals surface area contributed by atoms with E-state index in [9.17, 15) is 13.2 Å². The van der Waals surface area contributed by atoms with Gasteiger partial charge in [-0.3, -0.25) is 9.52 Å². The predicted octanol–water partition coefficient (Wildman–Crippen LogP) is 4.85. The fourth-order valence-corrected chi connectivity index (χ4v) is 4.91. The second kappa shape index (κ2) is 9.71. The molecule has 162 valence electrons. The number of ether oxygens (including phenoxy) is 1. The van der Waals surface area contributed by atoms with Gasteiger partial charge in [0.25, 0.3) is 15.9 Å². The zero-order valence-electron chi connectivity index (χ0n) is 17.2. The maximum absolute atomic E-state index is 12.8. The van der Waals surface area contributed by atoms with E-state index < -0.39 is 10.0 Å². The van der Waals surface area contributed by atoms with E-state index in [2.05, 4.69) is 17.0 Å². The van der Waals surface area contributed by atoms with Gasteiger partial charge in [-0.05, 0) is 68.1 Å². The molecule has 2 N–H and O–H groups in total. The van der Waals surface area contributed by atoms with Crippen molar-refractivity contribution in [3.63, 3.8) is 0 Å². The first-order valence-electron chi connectivity index (χ1n) is 10.2. The standard InChI is InChI=1S/C22H27ClN2O4S/c1-3-29-17-10-8-16(9-11-17)25-30(27,28)18-12-13-20(23)19(14-18)22(26)24-21-7-5-4-6-15(21)2/h8-15,21,25H,3-7H2,1-2H3,(H,24,26). The van der Waals surface area contributed by atoms with Gasteiger partial charge in [0.15, 0.2) is 0 Å². The van der Waals surface area contributed by atoms with Crippen LogP contribution in [0, 0.1) is 5.92 Å². The maximum Gasteiger partial charge on any atom is 0.261 e. The summed E-state index contributed by atoms with van der Waals surface area (Å²) in [7, 11) is -3.88. The lowest BCUT2D eigenvalue weighted by Crippen LogP contribution is -2.41. The topological polar surface area (TPSA) is 84.5 Å². The average Bonchev–Trinajstić information content (AvgIpc) is 2.71. The number of nitrogens with one attached hydrogen (secondary N) is 2. The molecular weight excluding hydrogens is 424 g/mol. The second-order valence-electron chi connectivity index (χ2n) is 7.55. The number of anilines is 1. The first-order valence-corrected chi connectivity index (χ1v) is 12.0. The van der Waals surface area contributed by atoms with E-state index in [4.69, 9.17) is 16.3 Å². The van der Waals surface area contributed by atoms with Crippen LogP contribution in [0.1, 0.15) is 49.9 Å². The van der Waals surface area contributed by atoms with Gasteiger partial charge in [0.2, 0.25) is 0 Å². The van der Waals surface area contributed by atoms with Crippen LogP contribution in [-0.4, -0.2) is 27.0 Å². The molecule has 0 saturated heterocycles. The summed E-state index contributed by atoms with van der Waals surface area (Å²) in [6.45, 7) is 4.52.